The van der Waals surface area contributed by atoms with Crippen LogP contribution in [0.2, 0.25) is 0 Å². The van der Waals surface area contributed by atoms with E-state index in [-0.39, 0.29) is 17.9 Å². The Morgan fingerprint density at radius 1 is 1.24 bits per heavy atom. The van der Waals surface area contributed by atoms with Gasteiger partial charge in [0.25, 0.3) is 0 Å². The van der Waals surface area contributed by atoms with E-state index in [9.17, 15) is 4.79 Å². The Morgan fingerprint density at radius 3 is 2.29 bits per heavy atom. The van der Waals surface area contributed by atoms with Crippen molar-refractivity contribution in [3.05, 3.63) is 35.9 Å². The monoisotopic (exact) mass is 253 g/mol. The van der Waals surface area contributed by atoms with Crippen molar-refractivity contribution in [2.75, 3.05) is 5.88 Å². The second-order valence-corrected chi connectivity index (χ2v) is 4.45. The molecule has 0 bridgehead atoms. The SMILES string of the molecule is CCC(CC)C(=O)NC(CCl)c1ccccc1. The predicted molar refractivity (Wildman–Crippen MR) is 72.1 cm³/mol. The molecule has 0 radical (unpaired) electrons. The number of rotatable bonds is 6. The van der Waals surface area contributed by atoms with E-state index in [1.165, 1.54) is 0 Å². The number of alkyl halides is 1. The Kier molecular flexibility index (Phi) is 6.06. The molecule has 0 saturated heterocycles. The first kappa shape index (κ1) is 14.0. The fourth-order valence-corrected chi connectivity index (χ4v) is 2.10. The van der Waals surface area contributed by atoms with Gasteiger partial charge in [0.05, 0.1) is 6.04 Å². The van der Waals surface area contributed by atoms with Crippen molar-refractivity contribution in [1.29, 1.82) is 0 Å². The van der Waals surface area contributed by atoms with Crippen molar-refractivity contribution in [3.63, 3.8) is 0 Å². The van der Waals surface area contributed by atoms with Crippen LogP contribution < -0.4 is 5.32 Å². The first-order chi connectivity index (χ1) is 8.22. The summed E-state index contributed by atoms with van der Waals surface area (Å²) in [7, 11) is 0. The average Bonchev–Trinajstić information content (AvgIpc) is 2.38. The number of carbonyl (C=O) groups is 1. The van der Waals surface area contributed by atoms with Crippen LogP contribution in [0, 0.1) is 5.92 Å². The van der Waals surface area contributed by atoms with Gasteiger partial charge in [-0.1, -0.05) is 44.2 Å². The van der Waals surface area contributed by atoms with E-state index in [1.54, 1.807) is 0 Å². The number of nitrogens with one attached hydrogen (secondary N) is 1. The molecule has 0 aliphatic rings. The van der Waals surface area contributed by atoms with E-state index in [4.69, 9.17) is 11.6 Å². The van der Waals surface area contributed by atoms with E-state index < -0.39 is 0 Å². The summed E-state index contributed by atoms with van der Waals surface area (Å²) in [6.45, 7) is 4.07. The third-order valence-corrected chi connectivity index (χ3v) is 3.34. The average molecular weight is 254 g/mol. The maximum absolute atomic E-state index is 12.0. The number of benzene rings is 1. The minimum absolute atomic E-state index is 0.0874. The van der Waals surface area contributed by atoms with Crippen LogP contribution in [0.15, 0.2) is 30.3 Å². The van der Waals surface area contributed by atoms with Crippen molar-refractivity contribution in [2.24, 2.45) is 5.92 Å². The predicted octanol–water partition coefficient (Wildman–Crippen LogP) is 3.52. The van der Waals surface area contributed by atoms with Crippen LogP contribution in [-0.4, -0.2) is 11.8 Å². The van der Waals surface area contributed by atoms with Crippen LogP contribution in [0.3, 0.4) is 0 Å². The summed E-state index contributed by atoms with van der Waals surface area (Å²) in [5.41, 5.74) is 1.06. The van der Waals surface area contributed by atoms with Gasteiger partial charge >= 0.3 is 0 Å². The van der Waals surface area contributed by atoms with E-state index in [0.717, 1.165) is 18.4 Å². The lowest BCUT2D eigenvalue weighted by molar-refractivity contribution is -0.125. The molecular weight excluding hydrogens is 234 g/mol. The molecule has 0 aliphatic heterocycles. The molecule has 1 N–H and O–H groups in total. The maximum atomic E-state index is 12.0. The molecule has 0 aliphatic carbocycles. The number of hydrogen-bond acceptors (Lipinski definition) is 1. The van der Waals surface area contributed by atoms with Gasteiger partial charge in [0, 0.05) is 11.8 Å². The summed E-state index contributed by atoms with van der Waals surface area (Å²) in [6.07, 6.45) is 1.73. The van der Waals surface area contributed by atoms with E-state index in [0.29, 0.717) is 5.88 Å². The largest absolute Gasteiger partial charge is 0.348 e. The second kappa shape index (κ2) is 7.33. The Balaban J connectivity index is 2.68. The Bertz CT molecular complexity index is 335. The molecule has 94 valence electrons. The van der Waals surface area contributed by atoms with E-state index in [1.807, 2.05) is 44.2 Å². The fraction of sp³-hybridized carbons (Fsp3) is 0.500. The van der Waals surface area contributed by atoms with Crippen LogP contribution in [-0.2, 0) is 4.79 Å². The van der Waals surface area contributed by atoms with Gasteiger partial charge in [-0.2, -0.15) is 0 Å². The highest BCUT2D eigenvalue weighted by Gasteiger charge is 2.18. The summed E-state index contributed by atoms with van der Waals surface area (Å²) in [4.78, 5) is 12.0. The highest BCUT2D eigenvalue weighted by atomic mass is 35.5. The van der Waals surface area contributed by atoms with Crippen molar-refractivity contribution >= 4 is 17.5 Å². The van der Waals surface area contributed by atoms with Gasteiger partial charge in [0.2, 0.25) is 5.91 Å². The molecule has 17 heavy (non-hydrogen) atoms. The zero-order valence-electron chi connectivity index (χ0n) is 10.4. The van der Waals surface area contributed by atoms with E-state index >= 15 is 0 Å². The Morgan fingerprint density at radius 2 is 1.82 bits per heavy atom. The lowest BCUT2D eigenvalue weighted by atomic mass is 10.0. The lowest BCUT2D eigenvalue weighted by Crippen LogP contribution is -2.34. The molecule has 2 nitrogen and oxygen atoms in total. The molecular formula is C14H20ClNO. The zero-order valence-corrected chi connectivity index (χ0v) is 11.2. The molecule has 0 spiro atoms. The third kappa shape index (κ3) is 4.04. The normalized spacial score (nSPS) is 12.5. The standard InChI is InChI=1S/C14H20ClNO/c1-3-11(4-2)14(17)16-13(10-15)12-8-6-5-7-9-12/h5-9,11,13H,3-4,10H2,1-2H3,(H,16,17). The highest BCUT2D eigenvalue weighted by molar-refractivity contribution is 6.18. The summed E-state index contributed by atoms with van der Waals surface area (Å²) >= 11 is 5.92. The van der Waals surface area contributed by atoms with Crippen LogP contribution in [0.4, 0.5) is 0 Å². The van der Waals surface area contributed by atoms with Gasteiger partial charge in [0.1, 0.15) is 0 Å². The smallest absolute Gasteiger partial charge is 0.223 e. The summed E-state index contributed by atoms with van der Waals surface area (Å²) in [6, 6.07) is 9.75. The number of halogens is 1. The van der Waals surface area contributed by atoms with Gasteiger partial charge in [-0.25, -0.2) is 0 Å². The van der Waals surface area contributed by atoms with Gasteiger partial charge in [-0.15, -0.1) is 11.6 Å². The van der Waals surface area contributed by atoms with Crippen molar-refractivity contribution < 1.29 is 4.79 Å². The quantitative estimate of drug-likeness (QED) is 0.773. The molecule has 1 rings (SSSR count). The van der Waals surface area contributed by atoms with Gasteiger partial charge in [-0.3, -0.25) is 4.79 Å². The number of amides is 1. The van der Waals surface area contributed by atoms with Crippen LogP contribution in [0.25, 0.3) is 0 Å². The number of hydrogen-bond donors (Lipinski definition) is 1. The molecule has 0 heterocycles. The third-order valence-electron chi connectivity index (χ3n) is 3.03. The topological polar surface area (TPSA) is 29.1 Å². The molecule has 0 saturated carbocycles. The highest BCUT2D eigenvalue weighted by Crippen LogP contribution is 2.16. The molecule has 1 amide bonds. The maximum Gasteiger partial charge on any atom is 0.223 e. The van der Waals surface area contributed by atoms with Gasteiger partial charge < -0.3 is 5.32 Å². The first-order valence-corrected chi connectivity index (χ1v) is 6.67. The Labute approximate surface area is 108 Å². The molecule has 1 aromatic rings. The summed E-state index contributed by atoms with van der Waals surface area (Å²) < 4.78 is 0. The minimum Gasteiger partial charge on any atom is -0.348 e. The Hall–Kier alpha value is -1.02. The number of carbonyl (C=O) groups excluding carboxylic acids is 1. The first-order valence-electron chi connectivity index (χ1n) is 6.14. The molecule has 1 atom stereocenters. The summed E-state index contributed by atoms with van der Waals surface area (Å²) in [5.74, 6) is 0.588. The van der Waals surface area contributed by atoms with Crippen molar-refractivity contribution in [2.45, 2.75) is 32.7 Å². The summed E-state index contributed by atoms with van der Waals surface area (Å²) in [5, 5.41) is 3.01. The lowest BCUT2D eigenvalue weighted by Gasteiger charge is -2.20. The van der Waals surface area contributed by atoms with Crippen LogP contribution >= 0.6 is 11.6 Å². The minimum atomic E-state index is -0.0917. The van der Waals surface area contributed by atoms with Crippen molar-refractivity contribution in [1.82, 2.24) is 5.32 Å². The van der Waals surface area contributed by atoms with Gasteiger partial charge in [-0.05, 0) is 18.4 Å². The fourth-order valence-electron chi connectivity index (χ4n) is 1.85. The van der Waals surface area contributed by atoms with Crippen molar-refractivity contribution in [3.8, 4) is 0 Å². The molecule has 1 unspecified atom stereocenters. The van der Waals surface area contributed by atoms with Crippen LogP contribution in [0.1, 0.15) is 38.3 Å². The molecule has 1 aromatic carbocycles. The van der Waals surface area contributed by atoms with E-state index in [2.05, 4.69) is 5.32 Å². The molecule has 0 aromatic heterocycles. The van der Waals surface area contributed by atoms with Gasteiger partial charge in [0.15, 0.2) is 0 Å². The second-order valence-electron chi connectivity index (χ2n) is 4.14. The molecule has 3 heteroatoms. The zero-order chi connectivity index (χ0) is 12.7. The van der Waals surface area contributed by atoms with Crippen LogP contribution in [0.5, 0.6) is 0 Å². The molecule has 0 fully saturated rings.